The first kappa shape index (κ1) is 13.9. The van der Waals surface area contributed by atoms with Gasteiger partial charge in [-0.1, -0.05) is 19.8 Å². The summed E-state index contributed by atoms with van der Waals surface area (Å²) in [4.78, 5) is 12.1. The first-order chi connectivity index (χ1) is 8.66. The third kappa shape index (κ3) is 3.71. The van der Waals surface area contributed by atoms with Crippen molar-refractivity contribution in [3.63, 3.8) is 0 Å². The predicted molar refractivity (Wildman–Crippen MR) is 74.1 cm³/mol. The number of nitrogens with two attached hydrogens (primary N) is 1. The molecule has 2 fully saturated rings. The average molecular weight is 252 g/mol. The Kier molecular flexibility index (Phi) is 5.04. The first-order valence-electron chi connectivity index (χ1n) is 7.70. The predicted octanol–water partition coefficient (Wildman–Crippen LogP) is 2.45. The van der Waals surface area contributed by atoms with Crippen LogP contribution in [0.15, 0.2) is 0 Å². The number of nitrogens with one attached hydrogen (secondary N) is 1. The Morgan fingerprint density at radius 1 is 1.11 bits per heavy atom. The molecule has 0 aliphatic heterocycles. The highest BCUT2D eigenvalue weighted by atomic mass is 16.1. The second kappa shape index (κ2) is 6.55. The molecule has 2 saturated carbocycles. The van der Waals surface area contributed by atoms with Gasteiger partial charge in [0.15, 0.2) is 0 Å². The number of carbonyl (C=O) groups excluding carboxylic acids is 1. The Labute approximate surface area is 111 Å². The van der Waals surface area contributed by atoms with E-state index in [0.29, 0.717) is 12.0 Å². The maximum absolute atomic E-state index is 12.1. The van der Waals surface area contributed by atoms with Crippen molar-refractivity contribution >= 4 is 5.91 Å². The minimum Gasteiger partial charge on any atom is -0.356 e. The molecule has 3 heteroatoms. The van der Waals surface area contributed by atoms with Crippen LogP contribution in [-0.2, 0) is 4.79 Å². The van der Waals surface area contributed by atoms with E-state index in [4.69, 9.17) is 5.73 Å². The van der Waals surface area contributed by atoms with Crippen molar-refractivity contribution in [2.75, 3.05) is 6.54 Å². The summed E-state index contributed by atoms with van der Waals surface area (Å²) in [6.45, 7) is 3.08. The van der Waals surface area contributed by atoms with Crippen molar-refractivity contribution in [2.45, 2.75) is 64.3 Å². The monoisotopic (exact) mass is 252 g/mol. The molecule has 0 heterocycles. The lowest BCUT2D eigenvalue weighted by molar-refractivity contribution is -0.126. The van der Waals surface area contributed by atoms with Gasteiger partial charge in [-0.15, -0.1) is 0 Å². The fraction of sp³-hybridized carbons (Fsp3) is 0.933. The standard InChI is InChI=1S/C15H28N2O/c1-11-6-8-12(9-7-11)15(18)17-10-13-4-2-3-5-14(13)16/h11-14H,2-10,16H2,1H3,(H,17,18). The van der Waals surface area contributed by atoms with Gasteiger partial charge in [-0.3, -0.25) is 4.79 Å². The van der Waals surface area contributed by atoms with Crippen LogP contribution in [0.1, 0.15) is 58.3 Å². The molecule has 2 rings (SSSR count). The van der Waals surface area contributed by atoms with Crippen LogP contribution in [0.5, 0.6) is 0 Å². The summed E-state index contributed by atoms with van der Waals surface area (Å²) in [5.74, 6) is 1.85. The molecule has 0 aromatic rings. The summed E-state index contributed by atoms with van der Waals surface area (Å²) in [6.07, 6.45) is 9.40. The van der Waals surface area contributed by atoms with Gasteiger partial charge in [0, 0.05) is 18.5 Å². The van der Waals surface area contributed by atoms with Crippen LogP contribution in [0.2, 0.25) is 0 Å². The van der Waals surface area contributed by atoms with E-state index in [1.165, 1.54) is 32.1 Å². The van der Waals surface area contributed by atoms with E-state index in [-0.39, 0.29) is 11.8 Å². The summed E-state index contributed by atoms with van der Waals surface area (Å²) in [6, 6.07) is 0.297. The molecule has 3 N–H and O–H groups in total. The second-order valence-corrected chi connectivity index (χ2v) is 6.41. The maximum atomic E-state index is 12.1. The van der Waals surface area contributed by atoms with E-state index in [2.05, 4.69) is 12.2 Å². The third-order valence-corrected chi connectivity index (χ3v) is 4.89. The van der Waals surface area contributed by atoms with Crippen LogP contribution in [-0.4, -0.2) is 18.5 Å². The molecule has 104 valence electrons. The second-order valence-electron chi connectivity index (χ2n) is 6.41. The molecule has 0 radical (unpaired) electrons. The van der Waals surface area contributed by atoms with Gasteiger partial charge in [0.2, 0.25) is 5.91 Å². The molecule has 2 atom stereocenters. The zero-order valence-corrected chi connectivity index (χ0v) is 11.7. The number of rotatable bonds is 3. The Morgan fingerprint density at radius 3 is 2.44 bits per heavy atom. The van der Waals surface area contributed by atoms with E-state index in [9.17, 15) is 4.79 Å². The van der Waals surface area contributed by atoms with Crippen molar-refractivity contribution < 1.29 is 4.79 Å². The Bertz CT molecular complexity index is 272. The number of carbonyl (C=O) groups is 1. The lowest BCUT2D eigenvalue weighted by Gasteiger charge is -2.30. The van der Waals surface area contributed by atoms with E-state index in [1.807, 2.05) is 0 Å². The van der Waals surface area contributed by atoms with Crippen LogP contribution < -0.4 is 11.1 Å². The van der Waals surface area contributed by atoms with Crippen molar-refractivity contribution in [3.05, 3.63) is 0 Å². The smallest absolute Gasteiger partial charge is 0.223 e. The van der Waals surface area contributed by atoms with E-state index in [1.54, 1.807) is 0 Å². The highest BCUT2D eigenvalue weighted by Crippen LogP contribution is 2.28. The average Bonchev–Trinajstić information content (AvgIpc) is 2.38. The molecular weight excluding hydrogens is 224 g/mol. The SMILES string of the molecule is CC1CCC(C(=O)NCC2CCCCC2N)CC1. The molecule has 2 aliphatic carbocycles. The Morgan fingerprint density at radius 2 is 1.78 bits per heavy atom. The normalized spacial score (nSPS) is 37.2. The molecule has 18 heavy (non-hydrogen) atoms. The van der Waals surface area contributed by atoms with Crippen molar-refractivity contribution in [1.82, 2.24) is 5.32 Å². The third-order valence-electron chi connectivity index (χ3n) is 4.89. The van der Waals surface area contributed by atoms with Gasteiger partial charge in [-0.05, 0) is 50.4 Å². The van der Waals surface area contributed by atoms with Gasteiger partial charge in [0.05, 0.1) is 0 Å². The van der Waals surface area contributed by atoms with Crippen LogP contribution >= 0.6 is 0 Å². The zero-order chi connectivity index (χ0) is 13.0. The summed E-state index contributed by atoms with van der Waals surface area (Å²) in [7, 11) is 0. The van der Waals surface area contributed by atoms with Crippen LogP contribution in [0.3, 0.4) is 0 Å². The summed E-state index contributed by atoms with van der Waals surface area (Å²) >= 11 is 0. The Balaban J connectivity index is 1.70. The lowest BCUT2D eigenvalue weighted by Crippen LogP contribution is -2.43. The van der Waals surface area contributed by atoms with Crippen molar-refractivity contribution in [1.29, 1.82) is 0 Å². The van der Waals surface area contributed by atoms with Gasteiger partial charge in [0.1, 0.15) is 0 Å². The molecule has 0 bridgehead atoms. The minimum atomic E-state index is 0.265. The fourth-order valence-electron chi connectivity index (χ4n) is 3.39. The molecule has 2 aliphatic rings. The zero-order valence-electron chi connectivity index (χ0n) is 11.7. The molecule has 0 spiro atoms. The van der Waals surface area contributed by atoms with E-state index >= 15 is 0 Å². The van der Waals surface area contributed by atoms with E-state index < -0.39 is 0 Å². The number of amides is 1. The van der Waals surface area contributed by atoms with Crippen LogP contribution in [0.4, 0.5) is 0 Å². The molecule has 2 unspecified atom stereocenters. The van der Waals surface area contributed by atoms with Gasteiger partial charge in [-0.2, -0.15) is 0 Å². The topological polar surface area (TPSA) is 55.1 Å². The van der Waals surface area contributed by atoms with Gasteiger partial charge in [-0.25, -0.2) is 0 Å². The minimum absolute atomic E-state index is 0.265. The molecule has 0 aromatic heterocycles. The molecule has 0 saturated heterocycles. The lowest BCUT2D eigenvalue weighted by atomic mass is 9.82. The van der Waals surface area contributed by atoms with Crippen LogP contribution in [0, 0.1) is 17.8 Å². The van der Waals surface area contributed by atoms with Crippen molar-refractivity contribution in [2.24, 2.45) is 23.5 Å². The van der Waals surface area contributed by atoms with Crippen molar-refractivity contribution in [3.8, 4) is 0 Å². The molecular formula is C15H28N2O. The van der Waals surface area contributed by atoms with Crippen LogP contribution in [0.25, 0.3) is 0 Å². The Hall–Kier alpha value is -0.570. The summed E-state index contributed by atoms with van der Waals surface area (Å²) in [5, 5.41) is 3.15. The first-order valence-corrected chi connectivity index (χ1v) is 7.70. The molecule has 3 nitrogen and oxygen atoms in total. The largest absolute Gasteiger partial charge is 0.356 e. The molecule has 0 aromatic carbocycles. The fourth-order valence-corrected chi connectivity index (χ4v) is 3.39. The number of hydrogen-bond donors (Lipinski definition) is 2. The van der Waals surface area contributed by atoms with Gasteiger partial charge < -0.3 is 11.1 Å². The highest BCUT2D eigenvalue weighted by Gasteiger charge is 2.26. The quantitative estimate of drug-likeness (QED) is 0.810. The maximum Gasteiger partial charge on any atom is 0.223 e. The molecule has 1 amide bonds. The highest BCUT2D eigenvalue weighted by molar-refractivity contribution is 5.78. The number of hydrogen-bond acceptors (Lipinski definition) is 2. The summed E-state index contributed by atoms with van der Waals surface area (Å²) < 4.78 is 0. The van der Waals surface area contributed by atoms with E-state index in [0.717, 1.165) is 31.7 Å². The van der Waals surface area contributed by atoms with Gasteiger partial charge in [0.25, 0.3) is 0 Å². The van der Waals surface area contributed by atoms with Gasteiger partial charge >= 0.3 is 0 Å². The summed E-state index contributed by atoms with van der Waals surface area (Å²) in [5.41, 5.74) is 6.11.